The molecule has 1 amide bonds. The average molecular weight is 292 g/mol. The van der Waals surface area contributed by atoms with Gasteiger partial charge in [-0.15, -0.1) is 0 Å². The monoisotopic (exact) mass is 292 g/mol. The first-order valence-electron chi connectivity index (χ1n) is 6.92. The summed E-state index contributed by atoms with van der Waals surface area (Å²) >= 11 is 0. The van der Waals surface area contributed by atoms with Crippen LogP contribution >= 0.6 is 0 Å². The molecular weight excluding hydrogens is 272 g/mol. The lowest BCUT2D eigenvalue weighted by Crippen LogP contribution is -2.34. The second-order valence-corrected chi connectivity index (χ2v) is 5.23. The van der Waals surface area contributed by atoms with Crippen LogP contribution in [0.1, 0.15) is 12.0 Å². The van der Waals surface area contributed by atoms with Crippen LogP contribution in [0.4, 0.5) is 11.4 Å². The maximum atomic E-state index is 11.9. The SMILES string of the molecule is CNc1ccc([N+](=O)[O-])cc1CN1CCCN(C)C(=O)C1. The third kappa shape index (κ3) is 3.69. The van der Waals surface area contributed by atoms with Gasteiger partial charge in [-0.25, -0.2) is 0 Å². The quantitative estimate of drug-likeness (QED) is 0.668. The van der Waals surface area contributed by atoms with Crippen molar-refractivity contribution in [2.75, 3.05) is 39.0 Å². The normalized spacial score (nSPS) is 16.7. The molecule has 0 bridgehead atoms. The van der Waals surface area contributed by atoms with Gasteiger partial charge < -0.3 is 10.2 Å². The highest BCUT2D eigenvalue weighted by Crippen LogP contribution is 2.23. The molecular formula is C14H20N4O3. The number of carbonyl (C=O) groups is 1. The van der Waals surface area contributed by atoms with Crippen molar-refractivity contribution in [3.8, 4) is 0 Å². The molecule has 7 nitrogen and oxygen atoms in total. The summed E-state index contributed by atoms with van der Waals surface area (Å²) in [6.45, 7) is 2.44. The van der Waals surface area contributed by atoms with Crippen molar-refractivity contribution in [2.24, 2.45) is 0 Å². The molecule has 1 aromatic rings. The maximum Gasteiger partial charge on any atom is 0.269 e. The van der Waals surface area contributed by atoms with E-state index in [2.05, 4.69) is 5.32 Å². The fraction of sp³-hybridized carbons (Fsp3) is 0.500. The van der Waals surface area contributed by atoms with Crippen LogP contribution < -0.4 is 5.32 Å². The maximum absolute atomic E-state index is 11.9. The number of likely N-dealkylation sites (N-methyl/N-ethyl adjacent to an activating group) is 1. The number of anilines is 1. The van der Waals surface area contributed by atoms with Crippen LogP contribution in [-0.2, 0) is 11.3 Å². The van der Waals surface area contributed by atoms with Gasteiger partial charge in [-0.1, -0.05) is 0 Å². The molecule has 21 heavy (non-hydrogen) atoms. The Morgan fingerprint density at radius 1 is 1.38 bits per heavy atom. The molecule has 0 aliphatic carbocycles. The second-order valence-electron chi connectivity index (χ2n) is 5.23. The van der Waals surface area contributed by atoms with E-state index in [1.807, 2.05) is 4.90 Å². The Hall–Kier alpha value is -2.15. The summed E-state index contributed by atoms with van der Waals surface area (Å²) in [5, 5.41) is 13.9. The lowest BCUT2D eigenvalue weighted by Gasteiger charge is -2.20. The zero-order valence-electron chi connectivity index (χ0n) is 12.3. The first-order valence-corrected chi connectivity index (χ1v) is 6.92. The zero-order valence-corrected chi connectivity index (χ0v) is 12.3. The molecule has 1 aromatic carbocycles. The third-order valence-corrected chi connectivity index (χ3v) is 3.72. The summed E-state index contributed by atoms with van der Waals surface area (Å²) in [5.41, 5.74) is 1.76. The molecule has 0 unspecified atom stereocenters. The highest BCUT2D eigenvalue weighted by Gasteiger charge is 2.20. The largest absolute Gasteiger partial charge is 0.388 e. The van der Waals surface area contributed by atoms with Crippen LogP contribution in [0.15, 0.2) is 18.2 Å². The van der Waals surface area contributed by atoms with Crippen molar-refractivity contribution in [3.05, 3.63) is 33.9 Å². The Morgan fingerprint density at radius 3 is 2.81 bits per heavy atom. The lowest BCUT2D eigenvalue weighted by atomic mass is 10.1. The summed E-state index contributed by atoms with van der Waals surface area (Å²) < 4.78 is 0. The number of nitrogens with one attached hydrogen (secondary N) is 1. The highest BCUT2D eigenvalue weighted by molar-refractivity contribution is 5.78. The Labute approximate surface area is 123 Å². The van der Waals surface area contributed by atoms with E-state index in [1.165, 1.54) is 6.07 Å². The van der Waals surface area contributed by atoms with Gasteiger partial charge >= 0.3 is 0 Å². The van der Waals surface area contributed by atoms with E-state index < -0.39 is 4.92 Å². The van der Waals surface area contributed by atoms with Crippen LogP contribution in [0.3, 0.4) is 0 Å². The van der Waals surface area contributed by atoms with Gasteiger partial charge in [-0.05, 0) is 18.1 Å². The average Bonchev–Trinajstić information content (AvgIpc) is 2.61. The summed E-state index contributed by atoms with van der Waals surface area (Å²) in [6.07, 6.45) is 0.909. The van der Waals surface area contributed by atoms with Crippen LogP contribution in [-0.4, -0.2) is 54.4 Å². The van der Waals surface area contributed by atoms with Gasteiger partial charge in [0.15, 0.2) is 0 Å². The lowest BCUT2D eigenvalue weighted by molar-refractivity contribution is -0.384. The number of nitro groups is 1. The van der Waals surface area contributed by atoms with Gasteiger partial charge in [0.25, 0.3) is 5.69 Å². The fourth-order valence-electron chi connectivity index (χ4n) is 2.49. The minimum Gasteiger partial charge on any atom is -0.388 e. The summed E-state index contributed by atoms with van der Waals surface area (Å²) in [4.78, 5) is 26.2. The molecule has 0 spiro atoms. The van der Waals surface area contributed by atoms with E-state index in [1.54, 1.807) is 31.1 Å². The van der Waals surface area contributed by atoms with E-state index in [0.29, 0.717) is 13.1 Å². The van der Waals surface area contributed by atoms with E-state index in [-0.39, 0.29) is 11.6 Å². The number of nitro benzene ring substituents is 1. The topological polar surface area (TPSA) is 78.7 Å². The number of amides is 1. The summed E-state index contributed by atoms with van der Waals surface area (Å²) in [7, 11) is 3.59. The number of rotatable bonds is 4. The van der Waals surface area contributed by atoms with E-state index in [9.17, 15) is 14.9 Å². The van der Waals surface area contributed by atoms with Gasteiger partial charge in [-0.2, -0.15) is 0 Å². The number of nitrogens with zero attached hydrogens (tertiary/aromatic N) is 3. The Kier molecular flexibility index (Phi) is 4.74. The van der Waals surface area contributed by atoms with E-state index in [0.717, 1.165) is 30.8 Å². The van der Waals surface area contributed by atoms with E-state index in [4.69, 9.17) is 0 Å². The molecule has 1 saturated heterocycles. The fourth-order valence-corrected chi connectivity index (χ4v) is 2.49. The molecule has 0 atom stereocenters. The van der Waals surface area contributed by atoms with Crippen LogP contribution in [0, 0.1) is 10.1 Å². The van der Waals surface area contributed by atoms with Crippen molar-refractivity contribution < 1.29 is 9.72 Å². The molecule has 2 rings (SSSR count). The molecule has 0 saturated carbocycles. The van der Waals surface area contributed by atoms with Gasteiger partial charge in [0.1, 0.15) is 0 Å². The number of hydrogen-bond acceptors (Lipinski definition) is 5. The minimum atomic E-state index is -0.399. The molecule has 0 aromatic heterocycles. The first-order chi connectivity index (χ1) is 10.0. The Balaban J connectivity index is 2.19. The van der Waals surface area contributed by atoms with Gasteiger partial charge in [0, 0.05) is 51.5 Å². The molecule has 0 radical (unpaired) electrons. The third-order valence-electron chi connectivity index (χ3n) is 3.72. The molecule has 1 aliphatic rings. The number of carbonyl (C=O) groups excluding carboxylic acids is 1. The van der Waals surface area contributed by atoms with Crippen LogP contribution in [0.5, 0.6) is 0 Å². The number of non-ortho nitro benzene ring substituents is 1. The van der Waals surface area contributed by atoms with Crippen molar-refractivity contribution in [3.63, 3.8) is 0 Å². The molecule has 1 N–H and O–H groups in total. The predicted octanol–water partition coefficient (Wildman–Crippen LogP) is 1.30. The van der Waals surface area contributed by atoms with Gasteiger partial charge in [0.05, 0.1) is 11.5 Å². The molecule has 114 valence electrons. The van der Waals surface area contributed by atoms with Gasteiger partial charge in [0.2, 0.25) is 5.91 Å². The summed E-state index contributed by atoms with van der Waals surface area (Å²) in [6, 6.07) is 4.76. The summed E-state index contributed by atoms with van der Waals surface area (Å²) in [5.74, 6) is 0.0870. The Bertz CT molecular complexity index is 547. The molecule has 1 fully saturated rings. The van der Waals surface area contributed by atoms with Gasteiger partial charge in [-0.3, -0.25) is 19.8 Å². The van der Waals surface area contributed by atoms with Crippen LogP contribution in [0.25, 0.3) is 0 Å². The molecule has 1 heterocycles. The van der Waals surface area contributed by atoms with E-state index >= 15 is 0 Å². The minimum absolute atomic E-state index is 0.0715. The standard InChI is InChI=1S/C14H20N4O3/c1-15-13-5-4-12(18(20)21)8-11(13)9-17-7-3-6-16(2)14(19)10-17/h4-5,8,15H,3,6-7,9-10H2,1-2H3. The second kappa shape index (κ2) is 6.53. The zero-order chi connectivity index (χ0) is 15.4. The number of hydrogen-bond donors (Lipinski definition) is 1. The highest BCUT2D eigenvalue weighted by atomic mass is 16.6. The smallest absolute Gasteiger partial charge is 0.269 e. The van der Waals surface area contributed by atoms with Crippen molar-refractivity contribution in [1.29, 1.82) is 0 Å². The number of benzene rings is 1. The van der Waals surface area contributed by atoms with Crippen molar-refractivity contribution in [1.82, 2.24) is 9.80 Å². The van der Waals surface area contributed by atoms with Crippen molar-refractivity contribution in [2.45, 2.75) is 13.0 Å². The Morgan fingerprint density at radius 2 is 2.14 bits per heavy atom. The van der Waals surface area contributed by atoms with Crippen LogP contribution in [0.2, 0.25) is 0 Å². The molecule has 1 aliphatic heterocycles. The molecule has 7 heteroatoms. The first kappa shape index (κ1) is 15.2. The van der Waals surface area contributed by atoms with Crippen molar-refractivity contribution >= 4 is 17.3 Å². The predicted molar refractivity (Wildman–Crippen MR) is 80.2 cm³/mol.